The van der Waals surface area contributed by atoms with Gasteiger partial charge in [-0.25, -0.2) is 9.37 Å². The van der Waals surface area contributed by atoms with Crippen LogP contribution in [0.4, 0.5) is 10.1 Å². The Balaban J connectivity index is 1.37. The first-order valence-corrected chi connectivity index (χ1v) is 10.2. The van der Waals surface area contributed by atoms with Gasteiger partial charge in [-0.3, -0.25) is 0 Å². The molecule has 1 saturated heterocycles. The first-order chi connectivity index (χ1) is 13.2. The molecule has 3 nitrogen and oxygen atoms in total. The molecule has 1 unspecified atom stereocenters. The summed E-state index contributed by atoms with van der Waals surface area (Å²) < 4.78 is 15.4. The summed E-state index contributed by atoms with van der Waals surface area (Å²) in [6, 6.07) is 9.25. The Labute approximate surface area is 159 Å². The lowest BCUT2D eigenvalue weighted by molar-refractivity contribution is 0.354. The molecule has 3 heterocycles. The van der Waals surface area contributed by atoms with Crippen molar-refractivity contribution < 1.29 is 4.39 Å². The van der Waals surface area contributed by atoms with Crippen LogP contribution >= 0.6 is 0 Å². The molecule has 0 amide bonds. The highest BCUT2D eigenvalue weighted by Crippen LogP contribution is 2.46. The van der Waals surface area contributed by atoms with Crippen molar-refractivity contribution in [2.75, 3.05) is 18.0 Å². The number of nitrogens with zero attached hydrogens (tertiary/aromatic N) is 3. The Morgan fingerprint density at radius 3 is 2.48 bits per heavy atom. The minimum atomic E-state index is -0.163. The van der Waals surface area contributed by atoms with Gasteiger partial charge in [0.25, 0.3) is 0 Å². The minimum Gasteiger partial charge on any atom is -0.372 e. The van der Waals surface area contributed by atoms with Crippen LogP contribution in [-0.4, -0.2) is 22.5 Å². The molecule has 140 valence electrons. The maximum Gasteiger partial charge on any atom is 0.123 e. The van der Waals surface area contributed by atoms with Gasteiger partial charge in [0.05, 0.1) is 18.0 Å². The molecule has 2 aliphatic rings. The molecular weight excluding hydrogens is 337 g/mol. The van der Waals surface area contributed by atoms with Gasteiger partial charge in [-0.1, -0.05) is 6.92 Å². The van der Waals surface area contributed by atoms with Crippen LogP contribution in [0.1, 0.15) is 55.6 Å². The standard InChI is InChI=1S/C23H26FN3/c1-16(17-8-11-26(12-9-17)20-6-4-19(24)5-7-20)23-21(18-2-3-18)10-13-27-15-25-14-22(23)27/h4-7,10,13-18H,2-3,8-9,11-12H2,1H3. The molecule has 0 radical (unpaired) electrons. The third-order valence-electron chi connectivity index (χ3n) is 6.58. The van der Waals surface area contributed by atoms with E-state index in [-0.39, 0.29) is 5.82 Å². The summed E-state index contributed by atoms with van der Waals surface area (Å²) in [5.74, 6) is 1.81. The van der Waals surface area contributed by atoms with E-state index in [0.717, 1.165) is 24.7 Å². The van der Waals surface area contributed by atoms with Crippen LogP contribution in [0.3, 0.4) is 0 Å². The fourth-order valence-corrected chi connectivity index (χ4v) is 4.82. The molecule has 1 aliphatic carbocycles. The summed E-state index contributed by atoms with van der Waals surface area (Å²) >= 11 is 0. The molecule has 0 bridgehead atoms. The van der Waals surface area contributed by atoms with Crippen LogP contribution in [0.25, 0.3) is 5.52 Å². The number of imidazole rings is 1. The number of fused-ring (bicyclic) bond motifs is 1. The van der Waals surface area contributed by atoms with Crippen molar-refractivity contribution in [1.29, 1.82) is 0 Å². The normalized spacial score (nSPS) is 19.6. The molecule has 1 saturated carbocycles. The molecule has 0 spiro atoms. The maximum absolute atomic E-state index is 13.2. The van der Waals surface area contributed by atoms with Crippen LogP contribution < -0.4 is 4.90 Å². The Hall–Kier alpha value is -2.36. The van der Waals surface area contributed by atoms with E-state index < -0.39 is 0 Å². The van der Waals surface area contributed by atoms with Crippen molar-refractivity contribution in [2.45, 2.75) is 44.4 Å². The zero-order valence-corrected chi connectivity index (χ0v) is 15.8. The molecule has 1 aliphatic heterocycles. The van der Waals surface area contributed by atoms with E-state index in [2.05, 4.69) is 33.5 Å². The van der Waals surface area contributed by atoms with Crippen molar-refractivity contribution in [1.82, 2.24) is 9.38 Å². The molecule has 3 aromatic rings. The first kappa shape index (κ1) is 16.8. The Morgan fingerprint density at radius 1 is 1.04 bits per heavy atom. The minimum absolute atomic E-state index is 0.163. The highest BCUT2D eigenvalue weighted by molar-refractivity contribution is 5.60. The van der Waals surface area contributed by atoms with Gasteiger partial charge in [-0.2, -0.15) is 0 Å². The fourth-order valence-electron chi connectivity index (χ4n) is 4.82. The molecule has 2 fully saturated rings. The van der Waals surface area contributed by atoms with E-state index in [1.807, 2.05) is 24.7 Å². The zero-order chi connectivity index (χ0) is 18.4. The fraction of sp³-hybridized carbons (Fsp3) is 0.435. The van der Waals surface area contributed by atoms with Crippen molar-refractivity contribution in [3.05, 3.63) is 66.0 Å². The van der Waals surface area contributed by atoms with Crippen molar-refractivity contribution >= 4 is 11.2 Å². The van der Waals surface area contributed by atoms with E-state index in [0.29, 0.717) is 11.8 Å². The lowest BCUT2D eigenvalue weighted by atomic mass is 9.79. The number of hydrogen-bond donors (Lipinski definition) is 0. The summed E-state index contributed by atoms with van der Waals surface area (Å²) in [5, 5.41) is 0. The average molecular weight is 363 g/mol. The number of pyridine rings is 1. The van der Waals surface area contributed by atoms with E-state index in [9.17, 15) is 4.39 Å². The molecule has 1 aromatic carbocycles. The van der Waals surface area contributed by atoms with Crippen LogP contribution in [-0.2, 0) is 0 Å². The zero-order valence-electron chi connectivity index (χ0n) is 15.8. The molecule has 5 rings (SSSR count). The molecule has 1 atom stereocenters. The second-order valence-corrected chi connectivity index (χ2v) is 8.23. The topological polar surface area (TPSA) is 20.5 Å². The van der Waals surface area contributed by atoms with Gasteiger partial charge in [-0.15, -0.1) is 0 Å². The predicted molar refractivity (Wildman–Crippen MR) is 107 cm³/mol. The molecule has 27 heavy (non-hydrogen) atoms. The largest absolute Gasteiger partial charge is 0.372 e. The first-order valence-electron chi connectivity index (χ1n) is 10.2. The van der Waals surface area contributed by atoms with Crippen LogP contribution in [0.15, 0.2) is 49.1 Å². The molecular formula is C23H26FN3. The van der Waals surface area contributed by atoms with E-state index in [1.54, 1.807) is 17.7 Å². The summed E-state index contributed by atoms with van der Waals surface area (Å²) in [4.78, 5) is 6.79. The smallest absolute Gasteiger partial charge is 0.123 e. The lowest BCUT2D eigenvalue weighted by Crippen LogP contribution is -2.35. The third-order valence-corrected chi connectivity index (χ3v) is 6.58. The highest BCUT2D eigenvalue weighted by Gasteiger charge is 2.32. The average Bonchev–Trinajstić information content (AvgIpc) is 3.44. The SMILES string of the molecule is CC(c1c(C2CC2)ccn2cncc12)C1CCN(c2ccc(F)cc2)CC1. The monoisotopic (exact) mass is 363 g/mol. The quantitative estimate of drug-likeness (QED) is 0.621. The van der Waals surface area contributed by atoms with Crippen LogP contribution in [0.5, 0.6) is 0 Å². The third kappa shape index (κ3) is 3.11. The van der Waals surface area contributed by atoms with E-state index >= 15 is 0 Å². The van der Waals surface area contributed by atoms with Gasteiger partial charge in [0.15, 0.2) is 0 Å². The maximum atomic E-state index is 13.2. The Kier molecular flexibility index (Phi) is 4.14. The van der Waals surface area contributed by atoms with Gasteiger partial charge < -0.3 is 9.30 Å². The number of rotatable bonds is 4. The molecule has 0 N–H and O–H groups in total. The van der Waals surface area contributed by atoms with Gasteiger partial charge in [0, 0.05) is 25.0 Å². The van der Waals surface area contributed by atoms with Gasteiger partial charge in [-0.05, 0) is 84.9 Å². The van der Waals surface area contributed by atoms with E-state index in [1.165, 1.54) is 36.8 Å². The number of halogens is 1. The summed E-state index contributed by atoms with van der Waals surface area (Å²) in [6.45, 7) is 4.50. The number of aromatic nitrogens is 2. The summed E-state index contributed by atoms with van der Waals surface area (Å²) in [6.07, 6.45) is 11.1. The number of benzene rings is 1. The van der Waals surface area contributed by atoms with Crippen molar-refractivity contribution in [3.8, 4) is 0 Å². The van der Waals surface area contributed by atoms with Crippen LogP contribution in [0, 0.1) is 11.7 Å². The Bertz CT molecular complexity index is 934. The predicted octanol–water partition coefficient (Wildman–Crippen LogP) is 5.37. The van der Waals surface area contributed by atoms with Gasteiger partial charge in [0.1, 0.15) is 5.82 Å². The second kappa shape index (κ2) is 6.66. The number of piperidine rings is 1. The summed E-state index contributed by atoms with van der Waals surface area (Å²) in [5.41, 5.74) is 5.50. The molecule has 2 aromatic heterocycles. The lowest BCUT2D eigenvalue weighted by Gasteiger charge is -2.37. The Morgan fingerprint density at radius 2 is 1.78 bits per heavy atom. The van der Waals surface area contributed by atoms with Gasteiger partial charge in [0.2, 0.25) is 0 Å². The number of hydrogen-bond acceptors (Lipinski definition) is 2. The van der Waals surface area contributed by atoms with Crippen molar-refractivity contribution in [2.24, 2.45) is 5.92 Å². The van der Waals surface area contributed by atoms with Crippen molar-refractivity contribution in [3.63, 3.8) is 0 Å². The second-order valence-electron chi connectivity index (χ2n) is 8.23. The van der Waals surface area contributed by atoms with Gasteiger partial charge >= 0.3 is 0 Å². The summed E-state index contributed by atoms with van der Waals surface area (Å²) in [7, 11) is 0. The highest BCUT2D eigenvalue weighted by atomic mass is 19.1. The number of anilines is 1. The van der Waals surface area contributed by atoms with E-state index in [4.69, 9.17) is 0 Å². The molecule has 4 heteroatoms. The van der Waals surface area contributed by atoms with Crippen LogP contribution in [0.2, 0.25) is 0 Å².